The summed E-state index contributed by atoms with van der Waals surface area (Å²) in [5, 5.41) is 9.65. The first-order valence-corrected chi connectivity index (χ1v) is 11.1. The third-order valence-electron chi connectivity index (χ3n) is 4.70. The van der Waals surface area contributed by atoms with Crippen LogP contribution in [-0.2, 0) is 41.9 Å². The summed E-state index contributed by atoms with van der Waals surface area (Å²) in [7, 11) is 0. The molecule has 0 saturated carbocycles. The first-order chi connectivity index (χ1) is 17.3. The van der Waals surface area contributed by atoms with Crippen LogP contribution < -0.4 is 11.1 Å². The van der Waals surface area contributed by atoms with Crippen molar-refractivity contribution in [3.63, 3.8) is 0 Å². The van der Waals surface area contributed by atoms with Gasteiger partial charge in [-0.05, 0) is 17.0 Å². The fraction of sp³-hybridized carbons (Fsp3) is 0.360. The predicted molar refractivity (Wildman–Crippen MR) is 126 cm³/mol. The molecule has 37 heavy (non-hydrogen) atoms. The van der Waals surface area contributed by atoms with Gasteiger partial charge in [-0.1, -0.05) is 74.5 Å². The number of amides is 1. The lowest BCUT2D eigenvalue weighted by atomic mass is 10.0. The highest BCUT2D eigenvalue weighted by atomic mass is 19.4. The lowest BCUT2D eigenvalue weighted by molar-refractivity contribution is -0.192. The quantitative estimate of drug-likeness (QED) is 0.401. The summed E-state index contributed by atoms with van der Waals surface area (Å²) in [6, 6.07) is 16.3. The Morgan fingerprint density at radius 3 is 1.73 bits per heavy atom. The highest BCUT2D eigenvalue weighted by Crippen LogP contribution is 2.13. The van der Waals surface area contributed by atoms with Crippen molar-refractivity contribution >= 4 is 23.8 Å². The Kier molecular flexibility index (Phi) is 12.8. The molecule has 202 valence electrons. The molecule has 2 rings (SSSR count). The SMILES string of the molecule is CC(C)[C@@H](N)C(=O)N[C@H](CC(=O)OCc1ccccc1)C(=O)OCc1ccccc1.O=C(O)C(F)(F)F. The highest BCUT2D eigenvalue weighted by molar-refractivity contribution is 5.90. The van der Waals surface area contributed by atoms with E-state index in [0.717, 1.165) is 11.1 Å². The van der Waals surface area contributed by atoms with E-state index >= 15 is 0 Å². The van der Waals surface area contributed by atoms with Crippen molar-refractivity contribution in [1.29, 1.82) is 0 Å². The van der Waals surface area contributed by atoms with Crippen LogP contribution in [0.1, 0.15) is 31.4 Å². The van der Waals surface area contributed by atoms with E-state index in [9.17, 15) is 27.6 Å². The highest BCUT2D eigenvalue weighted by Gasteiger charge is 2.38. The molecule has 1 amide bonds. The van der Waals surface area contributed by atoms with Gasteiger partial charge >= 0.3 is 24.1 Å². The number of esters is 2. The molecule has 9 nitrogen and oxygen atoms in total. The topological polar surface area (TPSA) is 145 Å². The second-order valence-electron chi connectivity index (χ2n) is 8.08. The third kappa shape index (κ3) is 12.5. The van der Waals surface area contributed by atoms with Gasteiger partial charge in [-0.3, -0.25) is 9.59 Å². The van der Waals surface area contributed by atoms with Gasteiger partial charge in [0, 0.05) is 0 Å². The van der Waals surface area contributed by atoms with Gasteiger partial charge in [0.2, 0.25) is 5.91 Å². The van der Waals surface area contributed by atoms with Gasteiger partial charge in [0.25, 0.3) is 0 Å². The number of carboxylic acids is 1. The van der Waals surface area contributed by atoms with Crippen molar-refractivity contribution in [2.45, 2.75) is 51.7 Å². The maximum Gasteiger partial charge on any atom is 0.490 e. The molecule has 0 aliphatic carbocycles. The fourth-order valence-electron chi connectivity index (χ4n) is 2.56. The molecule has 0 aliphatic rings. The third-order valence-corrected chi connectivity index (χ3v) is 4.70. The van der Waals surface area contributed by atoms with Crippen LogP contribution in [-0.4, -0.2) is 47.2 Å². The fourth-order valence-corrected chi connectivity index (χ4v) is 2.56. The van der Waals surface area contributed by atoms with Gasteiger partial charge in [-0.2, -0.15) is 13.2 Å². The van der Waals surface area contributed by atoms with Crippen molar-refractivity contribution in [3.05, 3.63) is 71.8 Å². The maximum atomic E-state index is 12.6. The van der Waals surface area contributed by atoms with Crippen LogP contribution >= 0.6 is 0 Å². The molecule has 2 aromatic carbocycles. The monoisotopic (exact) mass is 526 g/mol. The normalized spacial score (nSPS) is 12.4. The number of carboxylic acid groups (broad SMARTS) is 1. The van der Waals surface area contributed by atoms with Crippen LogP contribution in [0.3, 0.4) is 0 Å². The Morgan fingerprint density at radius 1 is 0.892 bits per heavy atom. The van der Waals surface area contributed by atoms with E-state index in [2.05, 4.69) is 5.32 Å². The van der Waals surface area contributed by atoms with E-state index in [1.54, 1.807) is 13.8 Å². The minimum Gasteiger partial charge on any atom is -0.475 e. The standard InChI is InChI=1S/C23H28N2O5.C2HF3O2/c1-16(2)21(24)22(27)25-19(23(28)30-15-18-11-7-4-8-12-18)13-20(26)29-14-17-9-5-3-6-10-17;3-2(4,5)1(6)7/h3-12,16,19,21H,13-15,24H2,1-2H3,(H,25,27);(H,6,7)/t19-,21-;/m1./s1. The van der Waals surface area contributed by atoms with Crippen molar-refractivity contribution in [3.8, 4) is 0 Å². The molecule has 4 N–H and O–H groups in total. The number of carbonyl (C=O) groups is 4. The summed E-state index contributed by atoms with van der Waals surface area (Å²) in [6.07, 6.45) is -5.43. The Balaban J connectivity index is 0.000000856. The molecule has 0 spiro atoms. The van der Waals surface area contributed by atoms with Gasteiger partial charge in [-0.15, -0.1) is 0 Å². The van der Waals surface area contributed by atoms with Gasteiger partial charge in [0.1, 0.15) is 19.3 Å². The molecule has 0 aromatic heterocycles. The van der Waals surface area contributed by atoms with Crippen molar-refractivity contribution in [2.75, 3.05) is 0 Å². The first kappa shape index (κ1) is 31.1. The number of benzene rings is 2. The molecule has 2 aromatic rings. The lowest BCUT2D eigenvalue weighted by Gasteiger charge is -2.21. The van der Waals surface area contributed by atoms with E-state index in [0.29, 0.717) is 0 Å². The van der Waals surface area contributed by atoms with Crippen molar-refractivity contribution in [1.82, 2.24) is 5.32 Å². The zero-order valence-corrected chi connectivity index (χ0v) is 20.2. The maximum absolute atomic E-state index is 12.6. The average molecular weight is 527 g/mol. The Labute approximate surface area is 211 Å². The van der Waals surface area contributed by atoms with E-state index in [1.807, 2.05) is 60.7 Å². The van der Waals surface area contributed by atoms with Crippen LogP contribution in [0, 0.1) is 5.92 Å². The number of hydrogen-bond acceptors (Lipinski definition) is 7. The summed E-state index contributed by atoms with van der Waals surface area (Å²) in [5.74, 6) is -4.76. The van der Waals surface area contributed by atoms with E-state index in [1.165, 1.54) is 0 Å². The van der Waals surface area contributed by atoms with Crippen LogP contribution in [0.15, 0.2) is 60.7 Å². The smallest absolute Gasteiger partial charge is 0.475 e. The first-order valence-electron chi connectivity index (χ1n) is 11.1. The van der Waals surface area contributed by atoms with Gasteiger partial charge in [-0.25, -0.2) is 9.59 Å². The Hall–Kier alpha value is -3.93. The second kappa shape index (κ2) is 15.2. The molecule has 0 unspecified atom stereocenters. The molecule has 2 atom stereocenters. The summed E-state index contributed by atoms with van der Waals surface area (Å²) < 4.78 is 42.3. The molecular formula is C25H29F3N2O7. The van der Waals surface area contributed by atoms with E-state index in [-0.39, 0.29) is 25.6 Å². The van der Waals surface area contributed by atoms with Crippen molar-refractivity contribution < 1.29 is 46.9 Å². The zero-order chi connectivity index (χ0) is 28.0. The van der Waals surface area contributed by atoms with Gasteiger partial charge in [0.15, 0.2) is 0 Å². The van der Waals surface area contributed by atoms with Crippen LogP contribution in [0.25, 0.3) is 0 Å². The number of rotatable bonds is 10. The molecule has 0 heterocycles. The van der Waals surface area contributed by atoms with Gasteiger partial charge in [0.05, 0.1) is 12.5 Å². The molecule has 0 aliphatic heterocycles. The number of hydrogen-bond donors (Lipinski definition) is 3. The number of carbonyl (C=O) groups excluding carboxylic acids is 3. The summed E-state index contributed by atoms with van der Waals surface area (Å²) in [5.41, 5.74) is 7.47. The second-order valence-corrected chi connectivity index (χ2v) is 8.08. The molecule has 0 fully saturated rings. The molecular weight excluding hydrogens is 497 g/mol. The summed E-state index contributed by atoms with van der Waals surface area (Å²) in [4.78, 5) is 46.1. The molecule has 12 heteroatoms. The minimum atomic E-state index is -5.08. The number of aliphatic carboxylic acids is 1. The molecule has 0 radical (unpaired) electrons. The summed E-state index contributed by atoms with van der Waals surface area (Å²) >= 11 is 0. The Bertz CT molecular complexity index is 1020. The number of halogens is 3. The average Bonchev–Trinajstić information content (AvgIpc) is 2.86. The largest absolute Gasteiger partial charge is 0.490 e. The Morgan fingerprint density at radius 2 is 1.32 bits per heavy atom. The number of ether oxygens (including phenoxy) is 2. The molecule has 0 saturated heterocycles. The van der Waals surface area contributed by atoms with E-state index < -0.39 is 42.1 Å². The molecule has 0 bridgehead atoms. The number of alkyl halides is 3. The van der Waals surface area contributed by atoms with Crippen LogP contribution in [0.5, 0.6) is 0 Å². The predicted octanol–water partition coefficient (Wildman–Crippen LogP) is 2.96. The zero-order valence-electron chi connectivity index (χ0n) is 20.2. The lowest BCUT2D eigenvalue weighted by Crippen LogP contribution is -2.51. The van der Waals surface area contributed by atoms with Gasteiger partial charge < -0.3 is 25.6 Å². The number of nitrogens with one attached hydrogen (secondary N) is 1. The van der Waals surface area contributed by atoms with Crippen molar-refractivity contribution in [2.24, 2.45) is 11.7 Å². The minimum absolute atomic E-state index is 0.0291. The number of nitrogens with two attached hydrogens (primary N) is 1. The van der Waals surface area contributed by atoms with Crippen LogP contribution in [0.2, 0.25) is 0 Å². The van der Waals surface area contributed by atoms with Crippen LogP contribution in [0.4, 0.5) is 13.2 Å². The van der Waals surface area contributed by atoms with E-state index in [4.69, 9.17) is 25.1 Å². The summed E-state index contributed by atoms with van der Waals surface area (Å²) in [6.45, 7) is 3.69.